The van der Waals surface area contributed by atoms with Crippen molar-refractivity contribution in [2.45, 2.75) is 17.4 Å². The van der Waals surface area contributed by atoms with E-state index < -0.39 is 0 Å². The Morgan fingerprint density at radius 1 is 1.14 bits per heavy atom. The third-order valence-corrected chi connectivity index (χ3v) is 4.46. The summed E-state index contributed by atoms with van der Waals surface area (Å²) in [5, 5.41) is 9.33. The first-order chi connectivity index (χ1) is 10.7. The van der Waals surface area contributed by atoms with Crippen LogP contribution in [-0.4, -0.2) is 35.8 Å². The average Bonchev–Trinajstić information content (AvgIpc) is 2.59. The molecule has 0 heterocycles. The Balaban J connectivity index is 2.22. The van der Waals surface area contributed by atoms with Crippen molar-refractivity contribution >= 4 is 17.7 Å². The summed E-state index contributed by atoms with van der Waals surface area (Å²) < 4.78 is 0. The number of amides is 1. The lowest BCUT2D eigenvalue weighted by Gasteiger charge is -2.28. The van der Waals surface area contributed by atoms with Gasteiger partial charge in [0.25, 0.3) is 5.91 Å². The van der Waals surface area contributed by atoms with Gasteiger partial charge in [0.15, 0.2) is 0 Å². The van der Waals surface area contributed by atoms with Gasteiger partial charge in [0, 0.05) is 24.1 Å². The first-order valence-corrected chi connectivity index (χ1v) is 8.47. The van der Waals surface area contributed by atoms with E-state index in [4.69, 9.17) is 0 Å². The number of hydrogen-bond acceptors (Lipinski definition) is 3. The van der Waals surface area contributed by atoms with Crippen LogP contribution < -0.4 is 0 Å². The van der Waals surface area contributed by atoms with Gasteiger partial charge in [-0.3, -0.25) is 4.79 Å². The van der Waals surface area contributed by atoms with E-state index in [1.54, 1.807) is 23.7 Å². The van der Waals surface area contributed by atoms with E-state index in [-0.39, 0.29) is 18.6 Å². The highest BCUT2D eigenvalue weighted by atomic mass is 32.2. The Bertz CT molecular complexity index is 598. The Kier molecular flexibility index (Phi) is 6.04. The molecule has 0 saturated heterocycles. The van der Waals surface area contributed by atoms with Gasteiger partial charge in [-0.1, -0.05) is 30.3 Å². The number of aliphatic hydroxyl groups excluding tert-OH is 1. The zero-order valence-electron chi connectivity index (χ0n) is 12.9. The summed E-state index contributed by atoms with van der Waals surface area (Å²) in [4.78, 5) is 15.5. The number of thioether (sulfide) groups is 1. The zero-order valence-corrected chi connectivity index (χ0v) is 13.7. The van der Waals surface area contributed by atoms with E-state index in [1.165, 1.54) is 0 Å². The third kappa shape index (κ3) is 3.90. The average molecular weight is 315 g/mol. The Morgan fingerprint density at radius 3 is 2.32 bits per heavy atom. The highest BCUT2D eigenvalue weighted by Gasteiger charge is 2.22. The van der Waals surface area contributed by atoms with Gasteiger partial charge in [-0.2, -0.15) is 0 Å². The van der Waals surface area contributed by atoms with Gasteiger partial charge in [-0.15, -0.1) is 11.8 Å². The van der Waals surface area contributed by atoms with Crippen LogP contribution in [0, 0.1) is 0 Å². The van der Waals surface area contributed by atoms with Crippen molar-refractivity contribution in [3.8, 4) is 0 Å². The molecule has 0 aliphatic rings. The van der Waals surface area contributed by atoms with Crippen molar-refractivity contribution in [1.82, 2.24) is 4.90 Å². The maximum Gasteiger partial charge on any atom is 0.254 e. The highest BCUT2D eigenvalue weighted by Crippen LogP contribution is 2.25. The molecule has 2 rings (SSSR count). The smallest absolute Gasteiger partial charge is 0.254 e. The third-order valence-electron chi connectivity index (χ3n) is 3.71. The van der Waals surface area contributed by atoms with Gasteiger partial charge in [-0.25, -0.2) is 0 Å². The van der Waals surface area contributed by atoms with Crippen LogP contribution in [0.15, 0.2) is 59.5 Å². The molecular formula is C18H21NO2S. The van der Waals surface area contributed by atoms with Crippen molar-refractivity contribution in [3.63, 3.8) is 0 Å². The molecule has 1 amide bonds. The molecule has 22 heavy (non-hydrogen) atoms. The monoisotopic (exact) mass is 315 g/mol. The lowest BCUT2D eigenvalue weighted by Crippen LogP contribution is -2.31. The number of aliphatic hydroxyl groups is 1. The van der Waals surface area contributed by atoms with Crippen molar-refractivity contribution in [2.24, 2.45) is 0 Å². The minimum Gasteiger partial charge on any atom is -0.396 e. The first kappa shape index (κ1) is 16.6. The molecule has 116 valence electrons. The molecule has 4 heteroatoms. The molecule has 0 bridgehead atoms. The minimum absolute atomic E-state index is 0.0324. The molecule has 0 fully saturated rings. The van der Waals surface area contributed by atoms with Crippen molar-refractivity contribution < 1.29 is 9.90 Å². The van der Waals surface area contributed by atoms with Crippen molar-refractivity contribution in [2.75, 3.05) is 19.9 Å². The Morgan fingerprint density at radius 2 is 1.77 bits per heavy atom. The van der Waals surface area contributed by atoms with Crippen LogP contribution in [0.25, 0.3) is 0 Å². The van der Waals surface area contributed by atoms with Crippen LogP contribution in [0.3, 0.4) is 0 Å². The summed E-state index contributed by atoms with van der Waals surface area (Å²) in [5.74, 6) is -0.0324. The molecule has 0 radical (unpaired) electrons. The molecule has 1 N–H and O–H groups in total. The number of rotatable bonds is 6. The zero-order chi connectivity index (χ0) is 15.9. The van der Waals surface area contributed by atoms with E-state index in [0.717, 1.165) is 10.5 Å². The van der Waals surface area contributed by atoms with E-state index in [9.17, 15) is 9.90 Å². The SMILES string of the molecule is CSc1ccc(C(=O)N(C)C(CCO)c2ccccc2)cc1. The van der Waals surface area contributed by atoms with Gasteiger partial charge < -0.3 is 10.0 Å². The fraction of sp³-hybridized carbons (Fsp3) is 0.278. The molecular weight excluding hydrogens is 294 g/mol. The van der Waals surface area contributed by atoms with Crippen LogP contribution in [0.1, 0.15) is 28.4 Å². The fourth-order valence-corrected chi connectivity index (χ4v) is 2.87. The molecule has 2 aromatic rings. The Hall–Kier alpha value is -1.78. The number of hydrogen-bond donors (Lipinski definition) is 1. The van der Waals surface area contributed by atoms with Gasteiger partial charge in [0.2, 0.25) is 0 Å². The van der Waals surface area contributed by atoms with Gasteiger partial charge in [0.1, 0.15) is 0 Å². The largest absolute Gasteiger partial charge is 0.396 e. The molecule has 1 unspecified atom stereocenters. The van der Waals surface area contributed by atoms with Crippen LogP contribution in [0.4, 0.5) is 0 Å². The van der Waals surface area contributed by atoms with Gasteiger partial charge in [-0.05, 0) is 42.5 Å². The van der Waals surface area contributed by atoms with E-state index in [2.05, 4.69) is 0 Å². The number of carbonyl (C=O) groups excluding carboxylic acids is 1. The summed E-state index contributed by atoms with van der Waals surface area (Å²) in [7, 11) is 1.79. The van der Waals surface area contributed by atoms with Crippen molar-refractivity contribution in [1.29, 1.82) is 0 Å². The van der Waals surface area contributed by atoms with Crippen LogP contribution >= 0.6 is 11.8 Å². The molecule has 0 aliphatic heterocycles. The quantitative estimate of drug-likeness (QED) is 0.828. The summed E-state index contributed by atoms with van der Waals surface area (Å²) in [6.07, 6.45) is 2.53. The second-order valence-electron chi connectivity index (χ2n) is 5.08. The summed E-state index contributed by atoms with van der Waals surface area (Å²) in [6.45, 7) is 0.0442. The van der Waals surface area contributed by atoms with Crippen molar-refractivity contribution in [3.05, 3.63) is 65.7 Å². The number of benzene rings is 2. The van der Waals surface area contributed by atoms with Gasteiger partial charge in [0.05, 0.1) is 6.04 Å². The summed E-state index contributed by atoms with van der Waals surface area (Å²) >= 11 is 1.65. The lowest BCUT2D eigenvalue weighted by atomic mass is 10.0. The normalized spacial score (nSPS) is 12.0. The predicted molar refractivity (Wildman–Crippen MR) is 91.2 cm³/mol. The Labute approximate surface area is 136 Å². The first-order valence-electron chi connectivity index (χ1n) is 7.24. The molecule has 0 spiro atoms. The van der Waals surface area contributed by atoms with E-state index >= 15 is 0 Å². The van der Waals surface area contributed by atoms with E-state index in [1.807, 2.05) is 60.9 Å². The number of carbonyl (C=O) groups is 1. The lowest BCUT2D eigenvalue weighted by molar-refractivity contribution is 0.0705. The van der Waals surface area contributed by atoms with Crippen LogP contribution in [0.5, 0.6) is 0 Å². The van der Waals surface area contributed by atoms with Crippen LogP contribution in [0.2, 0.25) is 0 Å². The topological polar surface area (TPSA) is 40.5 Å². The molecule has 0 aliphatic carbocycles. The highest BCUT2D eigenvalue weighted by molar-refractivity contribution is 7.98. The maximum atomic E-state index is 12.7. The second kappa shape index (κ2) is 8.01. The predicted octanol–water partition coefficient (Wildman–Crippen LogP) is 3.60. The summed E-state index contributed by atoms with van der Waals surface area (Å²) in [5.41, 5.74) is 1.70. The molecule has 0 aromatic heterocycles. The standard InChI is InChI=1S/C18H21NO2S/c1-19(17(12-13-20)14-6-4-3-5-7-14)18(21)15-8-10-16(22-2)11-9-15/h3-11,17,20H,12-13H2,1-2H3. The van der Waals surface area contributed by atoms with Gasteiger partial charge >= 0.3 is 0 Å². The second-order valence-corrected chi connectivity index (χ2v) is 5.96. The number of nitrogens with zero attached hydrogens (tertiary/aromatic N) is 1. The fourth-order valence-electron chi connectivity index (χ4n) is 2.46. The molecule has 3 nitrogen and oxygen atoms in total. The maximum absolute atomic E-state index is 12.7. The molecule has 1 atom stereocenters. The molecule has 2 aromatic carbocycles. The molecule has 0 saturated carbocycles. The van der Waals surface area contributed by atoms with E-state index in [0.29, 0.717) is 12.0 Å². The summed E-state index contributed by atoms with van der Waals surface area (Å²) in [6, 6.07) is 17.3. The van der Waals surface area contributed by atoms with Crippen LogP contribution in [-0.2, 0) is 0 Å². The minimum atomic E-state index is -0.126.